The predicted octanol–water partition coefficient (Wildman–Crippen LogP) is 6.35. The third kappa shape index (κ3) is 4.75. The Balaban J connectivity index is 1.67. The van der Waals surface area contributed by atoms with Crippen LogP contribution in [0.25, 0.3) is 11.1 Å². The molecule has 0 radical (unpaired) electrons. The zero-order valence-corrected chi connectivity index (χ0v) is 16.1. The van der Waals surface area contributed by atoms with E-state index in [0.717, 1.165) is 18.8 Å². The van der Waals surface area contributed by atoms with Crippen LogP contribution < -0.4 is 4.74 Å². The number of ether oxygens (including phenoxy) is 1. The molecule has 1 aliphatic carbocycles. The summed E-state index contributed by atoms with van der Waals surface area (Å²) in [6.07, 6.45) is 8.75. The average Bonchev–Trinajstić information content (AvgIpc) is 2.67. The summed E-state index contributed by atoms with van der Waals surface area (Å²) >= 11 is 0. The maximum absolute atomic E-state index is 11.7. The zero-order chi connectivity index (χ0) is 18.4. The Kier molecular flexibility index (Phi) is 6.49. The molecule has 0 heterocycles. The van der Waals surface area contributed by atoms with Crippen LogP contribution in [0.4, 0.5) is 0 Å². The summed E-state index contributed by atoms with van der Waals surface area (Å²) in [7, 11) is 0. The highest BCUT2D eigenvalue weighted by Gasteiger charge is 2.18. The van der Waals surface area contributed by atoms with Gasteiger partial charge < -0.3 is 4.74 Å². The third-order valence-corrected chi connectivity index (χ3v) is 5.39. The van der Waals surface area contributed by atoms with Crippen LogP contribution in [-0.4, -0.2) is 5.97 Å². The summed E-state index contributed by atoms with van der Waals surface area (Å²) in [4.78, 5) is 11.7. The van der Waals surface area contributed by atoms with Gasteiger partial charge in [0, 0.05) is 6.42 Å². The maximum Gasteiger partial charge on any atom is 0.311 e. The second-order valence-corrected chi connectivity index (χ2v) is 7.48. The van der Waals surface area contributed by atoms with Gasteiger partial charge in [0.15, 0.2) is 0 Å². The molecule has 0 saturated heterocycles. The monoisotopic (exact) mass is 350 g/mol. The van der Waals surface area contributed by atoms with E-state index in [-0.39, 0.29) is 5.97 Å². The highest BCUT2D eigenvalue weighted by atomic mass is 16.5. The third-order valence-electron chi connectivity index (χ3n) is 5.39. The van der Waals surface area contributed by atoms with Crippen molar-refractivity contribution in [3.63, 3.8) is 0 Å². The molecule has 1 aliphatic rings. The van der Waals surface area contributed by atoms with Crippen LogP contribution >= 0.6 is 0 Å². The van der Waals surface area contributed by atoms with E-state index < -0.39 is 0 Å². The molecule has 2 nitrogen and oxygen atoms in total. The number of hydrogen-bond donors (Lipinski definition) is 0. The topological polar surface area (TPSA) is 26.3 Å². The van der Waals surface area contributed by atoms with Gasteiger partial charge in [0.2, 0.25) is 0 Å². The number of carbonyl (C=O) groups is 1. The Bertz CT molecular complexity index is 730. The van der Waals surface area contributed by atoms with Crippen molar-refractivity contribution < 1.29 is 9.53 Å². The molecule has 2 heteroatoms. The molecule has 1 unspecified atom stereocenters. The highest BCUT2D eigenvalue weighted by Crippen LogP contribution is 2.32. The zero-order valence-electron chi connectivity index (χ0n) is 16.1. The van der Waals surface area contributed by atoms with E-state index in [1.165, 1.54) is 54.4 Å². The molecule has 0 fully saturated rings. The number of aryl methyl sites for hydroxylation is 1. The van der Waals surface area contributed by atoms with Gasteiger partial charge in [-0.05, 0) is 66.0 Å². The van der Waals surface area contributed by atoms with Crippen molar-refractivity contribution in [1.29, 1.82) is 0 Å². The summed E-state index contributed by atoms with van der Waals surface area (Å²) in [5.41, 5.74) is 5.46. The van der Waals surface area contributed by atoms with Gasteiger partial charge in [0.1, 0.15) is 5.75 Å². The molecular weight excluding hydrogens is 320 g/mol. The van der Waals surface area contributed by atoms with Crippen molar-refractivity contribution in [2.24, 2.45) is 5.92 Å². The molecule has 2 aromatic carbocycles. The first-order chi connectivity index (χ1) is 12.7. The van der Waals surface area contributed by atoms with Gasteiger partial charge in [0.25, 0.3) is 0 Å². The largest absolute Gasteiger partial charge is 0.427 e. The molecular formula is C24H30O2. The van der Waals surface area contributed by atoms with Crippen LogP contribution in [0.3, 0.4) is 0 Å². The molecule has 26 heavy (non-hydrogen) atoms. The van der Waals surface area contributed by atoms with E-state index in [2.05, 4.69) is 32.0 Å². The Hall–Kier alpha value is -2.09. The van der Waals surface area contributed by atoms with Gasteiger partial charge in [-0.1, -0.05) is 63.4 Å². The van der Waals surface area contributed by atoms with Crippen molar-refractivity contribution >= 4 is 5.97 Å². The van der Waals surface area contributed by atoms with E-state index in [4.69, 9.17) is 4.74 Å². The number of benzene rings is 2. The second-order valence-electron chi connectivity index (χ2n) is 7.48. The van der Waals surface area contributed by atoms with E-state index in [9.17, 15) is 4.79 Å². The summed E-state index contributed by atoms with van der Waals surface area (Å²) in [6, 6.07) is 14.8. The summed E-state index contributed by atoms with van der Waals surface area (Å²) in [5.74, 6) is 1.35. The lowest BCUT2D eigenvalue weighted by Crippen LogP contribution is -2.14. The molecule has 0 bridgehead atoms. The number of carbonyl (C=O) groups excluding carboxylic acids is 1. The molecule has 0 saturated carbocycles. The molecule has 0 amide bonds. The normalized spacial score (nSPS) is 16.2. The number of hydrogen-bond acceptors (Lipinski definition) is 2. The van der Waals surface area contributed by atoms with Crippen molar-refractivity contribution in [1.82, 2.24) is 0 Å². The minimum absolute atomic E-state index is 0.144. The lowest BCUT2D eigenvalue weighted by Gasteiger charge is -2.24. The number of fused-ring (bicyclic) bond motifs is 1. The van der Waals surface area contributed by atoms with E-state index in [0.29, 0.717) is 12.2 Å². The predicted molar refractivity (Wildman–Crippen MR) is 107 cm³/mol. The molecule has 138 valence electrons. The van der Waals surface area contributed by atoms with Crippen LogP contribution in [0.5, 0.6) is 5.75 Å². The van der Waals surface area contributed by atoms with Crippen LogP contribution in [0.2, 0.25) is 0 Å². The fraction of sp³-hybridized carbons (Fsp3) is 0.458. The second kappa shape index (κ2) is 9.02. The van der Waals surface area contributed by atoms with Gasteiger partial charge in [-0.25, -0.2) is 0 Å². The first kappa shape index (κ1) is 18.7. The lowest BCUT2D eigenvalue weighted by atomic mass is 9.81. The SMILES string of the molecule is CCCCC(=O)Oc1ccc(-c2ccc3c(c2)CCC(CCC)C3)cc1. The first-order valence-corrected chi connectivity index (χ1v) is 10.1. The van der Waals surface area contributed by atoms with Gasteiger partial charge >= 0.3 is 5.97 Å². The molecule has 0 spiro atoms. The van der Waals surface area contributed by atoms with E-state index in [1.807, 2.05) is 24.3 Å². The molecule has 0 aliphatic heterocycles. The van der Waals surface area contributed by atoms with Gasteiger partial charge in [-0.15, -0.1) is 0 Å². The van der Waals surface area contributed by atoms with Gasteiger partial charge in [-0.2, -0.15) is 0 Å². The van der Waals surface area contributed by atoms with E-state index in [1.54, 1.807) is 0 Å². The summed E-state index contributed by atoms with van der Waals surface area (Å²) in [6.45, 7) is 4.36. The van der Waals surface area contributed by atoms with Crippen LogP contribution in [-0.2, 0) is 17.6 Å². The quantitative estimate of drug-likeness (QED) is 0.429. The Labute approximate surface area is 157 Å². The average molecular weight is 351 g/mol. The Morgan fingerprint density at radius 3 is 2.50 bits per heavy atom. The van der Waals surface area contributed by atoms with Crippen molar-refractivity contribution in [2.75, 3.05) is 0 Å². The van der Waals surface area contributed by atoms with E-state index >= 15 is 0 Å². The van der Waals surface area contributed by atoms with Crippen LogP contribution in [0.15, 0.2) is 42.5 Å². The van der Waals surface area contributed by atoms with Gasteiger partial charge in [-0.3, -0.25) is 4.79 Å². The molecule has 2 aromatic rings. The van der Waals surface area contributed by atoms with Gasteiger partial charge in [0.05, 0.1) is 0 Å². The van der Waals surface area contributed by atoms with Crippen molar-refractivity contribution in [3.05, 3.63) is 53.6 Å². The minimum Gasteiger partial charge on any atom is -0.427 e. The van der Waals surface area contributed by atoms with Crippen LogP contribution in [0, 0.1) is 5.92 Å². The molecule has 0 aromatic heterocycles. The van der Waals surface area contributed by atoms with Crippen LogP contribution in [0.1, 0.15) is 63.5 Å². The van der Waals surface area contributed by atoms with Crippen molar-refractivity contribution in [2.45, 2.75) is 65.2 Å². The van der Waals surface area contributed by atoms with Crippen molar-refractivity contribution in [3.8, 4) is 16.9 Å². The smallest absolute Gasteiger partial charge is 0.311 e. The first-order valence-electron chi connectivity index (χ1n) is 10.1. The summed E-state index contributed by atoms with van der Waals surface area (Å²) in [5, 5.41) is 0. The standard InChI is InChI=1S/C24H30O2/c1-3-5-7-24(25)26-23-14-12-19(13-15-23)21-11-10-20-16-18(6-4-2)8-9-22(20)17-21/h10-15,17-18H,3-9,16H2,1-2H3. The molecule has 0 N–H and O–H groups in total. The number of rotatable bonds is 7. The molecule has 1 atom stereocenters. The summed E-state index contributed by atoms with van der Waals surface area (Å²) < 4.78 is 5.39. The highest BCUT2D eigenvalue weighted by molar-refractivity contribution is 5.73. The maximum atomic E-state index is 11.7. The fourth-order valence-electron chi connectivity index (χ4n) is 3.88. The molecule has 3 rings (SSSR count). The fourth-order valence-corrected chi connectivity index (χ4v) is 3.88. The number of unbranched alkanes of at least 4 members (excludes halogenated alkanes) is 1. The minimum atomic E-state index is -0.144. The Morgan fingerprint density at radius 1 is 1.00 bits per heavy atom. The lowest BCUT2D eigenvalue weighted by molar-refractivity contribution is -0.134. The Morgan fingerprint density at radius 2 is 1.77 bits per heavy atom. The number of esters is 1.